The van der Waals surface area contributed by atoms with E-state index in [1.165, 1.54) is 5.56 Å². The molecule has 0 saturated heterocycles. The molecule has 0 amide bonds. The maximum absolute atomic E-state index is 4.70. The van der Waals surface area contributed by atoms with E-state index in [9.17, 15) is 0 Å². The van der Waals surface area contributed by atoms with Gasteiger partial charge < -0.3 is 10.6 Å². The standard InChI is InChI=1S/C21H24N4S/c1-22-21(23-14-8-11-17-9-4-2-5-10-17)24-15-19-16-26-20(25-19)18-12-6-3-7-13-18/h2-7,9-10,12-13,16H,8,11,14-15H2,1H3,(H2,22,23,24). The van der Waals surface area contributed by atoms with Gasteiger partial charge in [0, 0.05) is 24.5 Å². The van der Waals surface area contributed by atoms with Crippen molar-refractivity contribution in [3.63, 3.8) is 0 Å². The van der Waals surface area contributed by atoms with Crippen LogP contribution < -0.4 is 10.6 Å². The van der Waals surface area contributed by atoms with Gasteiger partial charge in [-0.3, -0.25) is 4.99 Å². The summed E-state index contributed by atoms with van der Waals surface area (Å²) in [5.74, 6) is 0.812. The van der Waals surface area contributed by atoms with Crippen molar-refractivity contribution in [1.29, 1.82) is 0 Å². The Kier molecular flexibility index (Phi) is 6.79. The number of thiazole rings is 1. The summed E-state index contributed by atoms with van der Waals surface area (Å²) in [6.07, 6.45) is 2.14. The van der Waals surface area contributed by atoms with Crippen LogP contribution in [-0.4, -0.2) is 24.5 Å². The van der Waals surface area contributed by atoms with Crippen LogP contribution in [0.4, 0.5) is 0 Å². The quantitative estimate of drug-likeness (QED) is 0.377. The molecule has 5 heteroatoms. The third-order valence-electron chi connectivity index (χ3n) is 4.01. The van der Waals surface area contributed by atoms with Gasteiger partial charge in [0.05, 0.1) is 12.2 Å². The van der Waals surface area contributed by atoms with Crippen molar-refractivity contribution in [1.82, 2.24) is 15.6 Å². The number of aryl methyl sites for hydroxylation is 1. The minimum Gasteiger partial charge on any atom is -0.356 e. The van der Waals surface area contributed by atoms with Gasteiger partial charge in [-0.25, -0.2) is 4.98 Å². The molecule has 0 unspecified atom stereocenters. The van der Waals surface area contributed by atoms with Crippen molar-refractivity contribution in [2.75, 3.05) is 13.6 Å². The van der Waals surface area contributed by atoms with Gasteiger partial charge in [0.1, 0.15) is 5.01 Å². The van der Waals surface area contributed by atoms with Crippen molar-refractivity contribution >= 4 is 17.3 Å². The predicted octanol–water partition coefficient (Wildman–Crippen LogP) is 4.11. The van der Waals surface area contributed by atoms with Gasteiger partial charge in [-0.15, -0.1) is 11.3 Å². The van der Waals surface area contributed by atoms with Gasteiger partial charge in [0.25, 0.3) is 0 Å². The van der Waals surface area contributed by atoms with Crippen LogP contribution in [0.5, 0.6) is 0 Å². The fraction of sp³-hybridized carbons (Fsp3) is 0.238. The largest absolute Gasteiger partial charge is 0.356 e. The monoisotopic (exact) mass is 364 g/mol. The third-order valence-corrected chi connectivity index (χ3v) is 4.95. The molecule has 1 heterocycles. The van der Waals surface area contributed by atoms with Gasteiger partial charge in [0.2, 0.25) is 0 Å². The Bertz CT molecular complexity index is 812. The number of hydrogen-bond acceptors (Lipinski definition) is 3. The lowest BCUT2D eigenvalue weighted by Crippen LogP contribution is -2.37. The summed E-state index contributed by atoms with van der Waals surface area (Å²) in [5.41, 5.74) is 3.56. The minimum atomic E-state index is 0.668. The van der Waals surface area contributed by atoms with Crippen LogP contribution in [0.1, 0.15) is 17.7 Å². The van der Waals surface area contributed by atoms with Crippen LogP contribution in [0.2, 0.25) is 0 Å². The topological polar surface area (TPSA) is 49.3 Å². The van der Waals surface area contributed by atoms with Crippen molar-refractivity contribution < 1.29 is 0 Å². The number of nitrogens with one attached hydrogen (secondary N) is 2. The maximum atomic E-state index is 4.70. The van der Waals surface area contributed by atoms with E-state index in [1.54, 1.807) is 18.4 Å². The highest BCUT2D eigenvalue weighted by Crippen LogP contribution is 2.23. The number of aliphatic imine (C=N–C) groups is 1. The normalized spacial score (nSPS) is 11.3. The fourth-order valence-corrected chi connectivity index (χ4v) is 3.47. The van der Waals surface area contributed by atoms with E-state index < -0.39 is 0 Å². The molecule has 0 aliphatic heterocycles. The molecule has 0 atom stereocenters. The van der Waals surface area contributed by atoms with E-state index in [-0.39, 0.29) is 0 Å². The second-order valence-corrected chi connectivity index (χ2v) is 6.81. The zero-order chi connectivity index (χ0) is 18.0. The molecule has 0 aliphatic carbocycles. The lowest BCUT2D eigenvalue weighted by molar-refractivity contribution is 0.739. The van der Waals surface area contributed by atoms with E-state index in [1.807, 2.05) is 18.2 Å². The second kappa shape index (κ2) is 9.73. The summed E-state index contributed by atoms with van der Waals surface area (Å²) in [4.78, 5) is 8.98. The molecule has 0 bridgehead atoms. The molecule has 134 valence electrons. The molecule has 2 N–H and O–H groups in total. The van der Waals surface area contributed by atoms with Crippen LogP contribution in [0.3, 0.4) is 0 Å². The first-order valence-corrected chi connectivity index (χ1v) is 9.71. The molecule has 26 heavy (non-hydrogen) atoms. The first-order valence-electron chi connectivity index (χ1n) is 8.83. The first-order chi connectivity index (χ1) is 12.8. The highest BCUT2D eigenvalue weighted by atomic mass is 32.1. The van der Waals surface area contributed by atoms with Gasteiger partial charge in [0.15, 0.2) is 5.96 Å². The predicted molar refractivity (Wildman–Crippen MR) is 111 cm³/mol. The summed E-state index contributed by atoms with van der Waals surface area (Å²) < 4.78 is 0. The van der Waals surface area contributed by atoms with Crippen LogP contribution in [-0.2, 0) is 13.0 Å². The Morgan fingerprint density at radius 3 is 2.46 bits per heavy atom. The van der Waals surface area contributed by atoms with Crippen LogP contribution in [0.15, 0.2) is 71.0 Å². The highest BCUT2D eigenvalue weighted by Gasteiger charge is 2.05. The van der Waals surface area contributed by atoms with E-state index in [2.05, 4.69) is 63.5 Å². The lowest BCUT2D eigenvalue weighted by Gasteiger charge is -2.11. The van der Waals surface area contributed by atoms with E-state index in [0.717, 1.165) is 41.6 Å². The third kappa shape index (κ3) is 5.43. The van der Waals surface area contributed by atoms with Crippen LogP contribution >= 0.6 is 11.3 Å². The average Bonchev–Trinajstić information content (AvgIpc) is 3.18. The Labute approximate surface area is 159 Å². The molecular weight excluding hydrogens is 340 g/mol. The first kappa shape index (κ1) is 18.1. The summed E-state index contributed by atoms with van der Waals surface area (Å²) in [6, 6.07) is 20.8. The zero-order valence-corrected chi connectivity index (χ0v) is 15.8. The number of benzene rings is 2. The highest BCUT2D eigenvalue weighted by molar-refractivity contribution is 7.13. The summed E-state index contributed by atoms with van der Waals surface area (Å²) in [5, 5.41) is 9.84. The number of aromatic nitrogens is 1. The Hall–Kier alpha value is -2.66. The molecule has 4 nitrogen and oxygen atoms in total. The molecular formula is C21H24N4S. The molecule has 3 aromatic rings. The molecule has 0 saturated carbocycles. The van der Waals surface area contributed by atoms with Crippen molar-refractivity contribution in [2.24, 2.45) is 4.99 Å². The van der Waals surface area contributed by atoms with Crippen molar-refractivity contribution in [3.05, 3.63) is 77.3 Å². The lowest BCUT2D eigenvalue weighted by atomic mass is 10.1. The van der Waals surface area contributed by atoms with E-state index in [0.29, 0.717) is 6.54 Å². The molecule has 0 spiro atoms. The maximum Gasteiger partial charge on any atom is 0.191 e. The van der Waals surface area contributed by atoms with E-state index in [4.69, 9.17) is 4.98 Å². The molecule has 3 rings (SSSR count). The molecule has 0 aliphatic rings. The molecule has 0 radical (unpaired) electrons. The molecule has 2 aromatic carbocycles. The smallest absolute Gasteiger partial charge is 0.191 e. The van der Waals surface area contributed by atoms with Crippen molar-refractivity contribution in [3.8, 4) is 10.6 Å². The Morgan fingerprint density at radius 1 is 1.00 bits per heavy atom. The number of nitrogens with zero attached hydrogens (tertiary/aromatic N) is 2. The molecule has 0 fully saturated rings. The van der Waals surface area contributed by atoms with E-state index >= 15 is 0 Å². The zero-order valence-electron chi connectivity index (χ0n) is 15.0. The summed E-state index contributed by atoms with van der Waals surface area (Å²) in [7, 11) is 1.79. The van der Waals surface area contributed by atoms with Gasteiger partial charge in [-0.1, -0.05) is 60.7 Å². The number of guanidine groups is 1. The summed E-state index contributed by atoms with van der Waals surface area (Å²) in [6.45, 7) is 1.56. The minimum absolute atomic E-state index is 0.668. The Balaban J connectivity index is 1.42. The van der Waals surface area contributed by atoms with Gasteiger partial charge >= 0.3 is 0 Å². The average molecular weight is 365 g/mol. The number of rotatable bonds is 7. The van der Waals surface area contributed by atoms with Crippen LogP contribution in [0, 0.1) is 0 Å². The second-order valence-electron chi connectivity index (χ2n) is 5.95. The SMILES string of the molecule is CN=C(NCCCc1ccccc1)NCc1csc(-c2ccccc2)n1. The summed E-state index contributed by atoms with van der Waals surface area (Å²) >= 11 is 1.67. The van der Waals surface area contributed by atoms with Crippen LogP contribution in [0.25, 0.3) is 10.6 Å². The molecule has 1 aromatic heterocycles. The Morgan fingerprint density at radius 2 is 1.73 bits per heavy atom. The van der Waals surface area contributed by atoms with Crippen molar-refractivity contribution in [2.45, 2.75) is 19.4 Å². The fourth-order valence-electron chi connectivity index (χ4n) is 2.64. The van der Waals surface area contributed by atoms with Gasteiger partial charge in [-0.05, 0) is 18.4 Å². The number of hydrogen-bond donors (Lipinski definition) is 2. The van der Waals surface area contributed by atoms with Gasteiger partial charge in [-0.2, -0.15) is 0 Å².